The van der Waals surface area contributed by atoms with Crippen molar-refractivity contribution in [3.05, 3.63) is 52.8 Å². The highest BCUT2D eigenvalue weighted by molar-refractivity contribution is 5.94. The van der Waals surface area contributed by atoms with E-state index in [0.29, 0.717) is 44.8 Å². The van der Waals surface area contributed by atoms with E-state index in [1.165, 1.54) is 5.56 Å². The molecule has 2 N–H and O–H groups in total. The molecule has 3 heterocycles. The number of aryl methyl sites for hydroxylation is 1. The second kappa shape index (κ2) is 8.56. The molecule has 2 aromatic rings. The Balaban J connectivity index is 1.34. The zero-order valence-electron chi connectivity index (χ0n) is 16.1. The number of carbonyl (C=O) groups is 2. The maximum atomic E-state index is 13.0. The Morgan fingerprint density at radius 2 is 1.82 bits per heavy atom. The quantitative estimate of drug-likeness (QED) is 0.838. The number of aromatic amines is 1. The van der Waals surface area contributed by atoms with Crippen molar-refractivity contribution in [2.75, 3.05) is 32.7 Å². The van der Waals surface area contributed by atoms with Gasteiger partial charge in [0.1, 0.15) is 0 Å². The standard InChI is InChI=1S/C21H27N5O2/c27-19(8-7-16-5-2-1-3-6-16)25-11-4-12-26(14-13-25)21(28)20-17-15-22-10-9-18(17)23-24-20/h1-3,5-6,22H,4,7-15H2,(H,23,24). The minimum atomic E-state index is -0.0280. The molecular formula is C21H27N5O2. The topological polar surface area (TPSA) is 81.3 Å². The van der Waals surface area contributed by atoms with Crippen LogP contribution in [0.5, 0.6) is 0 Å². The van der Waals surface area contributed by atoms with Crippen molar-refractivity contribution in [2.24, 2.45) is 0 Å². The summed E-state index contributed by atoms with van der Waals surface area (Å²) in [4.78, 5) is 29.3. The first kappa shape index (κ1) is 18.7. The van der Waals surface area contributed by atoms with E-state index < -0.39 is 0 Å². The number of hydrogen-bond acceptors (Lipinski definition) is 4. The molecule has 1 aromatic carbocycles. The van der Waals surface area contributed by atoms with Gasteiger partial charge in [-0.2, -0.15) is 5.10 Å². The lowest BCUT2D eigenvalue weighted by Crippen LogP contribution is -2.38. The largest absolute Gasteiger partial charge is 0.341 e. The summed E-state index contributed by atoms with van der Waals surface area (Å²) in [6.07, 6.45) is 2.94. The van der Waals surface area contributed by atoms with E-state index in [4.69, 9.17) is 0 Å². The van der Waals surface area contributed by atoms with Crippen LogP contribution in [0, 0.1) is 0 Å². The molecule has 0 spiro atoms. The molecule has 28 heavy (non-hydrogen) atoms. The van der Waals surface area contributed by atoms with Crippen LogP contribution in [-0.4, -0.2) is 64.5 Å². The van der Waals surface area contributed by atoms with E-state index in [9.17, 15) is 9.59 Å². The van der Waals surface area contributed by atoms with Crippen LogP contribution in [-0.2, 0) is 24.2 Å². The highest BCUT2D eigenvalue weighted by atomic mass is 16.2. The molecule has 2 amide bonds. The van der Waals surface area contributed by atoms with Crippen molar-refractivity contribution in [3.8, 4) is 0 Å². The zero-order chi connectivity index (χ0) is 19.3. The number of nitrogens with zero attached hydrogens (tertiary/aromatic N) is 3. The Labute approximate surface area is 165 Å². The van der Waals surface area contributed by atoms with Gasteiger partial charge in [0, 0.05) is 63.4 Å². The molecule has 0 atom stereocenters. The summed E-state index contributed by atoms with van der Waals surface area (Å²) in [6.45, 7) is 4.11. The van der Waals surface area contributed by atoms with Gasteiger partial charge in [0.15, 0.2) is 5.69 Å². The lowest BCUT2D eigenvalue weighted by atomic mass is 10.1. The molecule has 1 fully saturated rings. The van der Waals surface area contributed by atoms with E-state index in [1.54, 1.807) is 0 Å². The Hall–Kier alpha value is -2.67. The summed E-state index contributed by atoms with van der Waals surface area (Å²) in [5.74, 6) is 0.138. The molecule has 0 bridgehead atoms. The number of hydrogen-bond donors (Lipinski definition) is 2. The van der Waals surface area contributed by atoms with Gasteiger partial charge in [0.25, 0.3) is 5.91 Å². The summed E-state index contributed by atoms with van der Waals surface area (Å²) in [6, 6.07) is 10.1. The molecular weight excluding hydrogens is 354 g/mol. The van der Waals surface area contributed by atoms with Gasteiger partial charge in [0.2, 0.25) is 5.91 Å². The molecule has 2 aliphatic rings. The van der Waals surface area contributed by atoms with Gasteiger partial charge in [-0.3, -0.25) is 14.7 Å². The van der Waals surface area contributed by atoms with Crippen molar-refractivity contribution < 1.29 is 9.59 Å². The number of H-pyrrole nitrogens is 1. The first-order valence-corrected chi connectivity index (χ1v) is 10.1. The van der Waals surface area contributed by atoms with Gasteiger partial charge in [-0.1, -0.05) is 30.3 Å². The normalized spacial score (nSPS) is 17.1. The lowest BCUT2D eigenvalue weighted by Gasteiger charge is -2.22. The van der Waals surface area contributed by atoms with Gasteiger partial charge in [0.05, 0.1) is 0 Å². The Morgan fingerprint density at radius 1 is 1.04 bits per heavy atom. The number of aromatic nitrogens is 2. The summed E-state index contributed by atoms with van der Waals surface area (Å²) >= 11 is 0. The molecule has 2 aliphatic heterocycles. The van der Waals surface area contributed by atoms with Crippen LogP contribution in [0.1, 0.15) is 40.2 Å². The highest BCUT2D eigenvalue weighted by Crippen LogP contribution is 2.18. The van der Waals surface area contributed by atoms with E-state index in [1.807, 2.05) is 28.0 Å². The molecule has 0 saturated carbocycles. The highest BCUT2D eigenvalue weighted by Gasteiger charge is 2.27. The second-order valence-corrected chi connectivity index (χ2v) is 7.47. The van der Waals surface area contributed by atoms with Crippen LogP contribution in [0.2, 0.25) is 0 Å². The maximum Gasteiger partial charge on any atom is 0.274 e. The average Bonchev–Trinajstić information content (AvgIpc) is 3.01. The van der Waals surface area contributed by atoms with Crippen LogP contribution in [0.25, 0.3) is 0 Å². The van der Waals surface area contributed by atoms with E-state index in [-0.39, 0.29) is 11.8 Å². The van der Waals surface area contributed by atoms with E-state index in [0.717, 1.165) is 37.1 Å². The van der Waals surface area contributed by atoms with Gasteiger partial charge in [-0.05, 0) is 18.4 Å². The lowest BCUT2D eigenvalue weighted by molar-refractivity contribution is -0.131. The first-order valence-electron chi connectivity index (χ1n) is 10.1. The predicted octanol–water partition coefficient (Wildman–Crippen LogP) is 1.36. The summed E-state index contributed by atoms with van der Waals surface area (Å²) < 4.78 is 0. The fraction of sp³-hybridized carbons (Fsp3) is 0.476. The second-order valence-electron chi connectivity index (χ2n) is 7.47. The zero-order valence-corrected chi connectivity index (χ0v) is 16.1. The van der Waals surface area contributed by atoms with Crippen LogP contribution >= 0.6 is 0 Å². The molecule has 7 nitrogen and oxygen atoms in total. The molecule has 7 heteroatoms. The summed E-state index contributed by atoms with van der Waals surface area (Å²) in [5, 5.41) is 10.6. The summed E-state index contributed by atoms with van der Waals surface area (Å²) in [5.41, 5.74) is 3.77. The van der Waals surface area contributed by atoms with Crippen molar-refractivity contribution in [2.45, 2.75) is 32.2 Å². The fourth-order valence-electron chi connectivity index (χ4n) is 3.98. The first-order chi connectivity index (χ1) is 13.7. The molecule has 1 saturated heterocycles. The van der Waals surface area contributed by atoms with Crippen LogP contribution in [0.15, 0.2) is 30.3 Å². The number of fused-ring (bicyclic) bond motifs is 1. The van der Waals surface area contributed by atoms with Crippen molar-refractivity contribution >= 4 is 11.8 Å². The molecule has 0 aliphatic carbocycles. The fourth-order valence-corrected chi connectivity index (χ4v) is 3.98. The van der Waals surface area contributed by atoms with Crippen LogP contribution in [0.4, 0.5) is 0 Å². The van der Waals surface area contributed by atoms with Crippen LogP contribution in [0.3, 0.4) is 0 Å². The minimum Gasteiger partial charge on any atom is -0.341 e. The van der Waals surface area contributed by atoms with Crippen molar-refractivity contribution in [1.82, 2.24) is 25.3 Å². The molecule has 0 unspecified atom stereocenters. The van der Waals surface area contributed by atoms with Gasteiger partial charge in [-0.15, -0.1) is 0 Å². The molecule has 0 radical (unpaired) electrons. The third-order valence-electron chi connectivity index (χ3n) is 5.62. The number of benzene rings is 1. The summed E-state index contributed by atoms with van der Waals surface area (Å²) in [7, 11) is 0. The average molecular weight is 381 g/mol. The molecule has 4 rings (SSSR count). The number of nitrogens with one attached hydrogen (secondary N) is 2. The minimum absolute atomic E-state index is 0.0280. The number of amides is 2. The van der Waals surface area contributed by atoms with Gasteiger partial charge < -0.3 is 15.1 Å². The third kappa shape index (κ3) is 4.09. The monoisotopic (exact) mass is 381 g/mol. The van der Waals surface area contributed by atoms with E-state index in [2.05, 4.69) is 27.6 Å². The number of rotatable bonds is 4. The Morgan fingerprint density at radius 3 is 2.68 bits per heavy atom. The Kier molecular flexibility index (Phi) is 5.71. The maximum absolute atomic E-state index is 13.0. The van der Waals surface area contributed by atoms with E-state index >= 15 is 0 Å². The Bertz CT molecular complexity index is 833. The third-order valence-corrected chi connectivity index (χ3v) is 5.62. The van der Waals surface area contributed by atoms with Crippen molar-refractivity contribution in [3.63, 3.8) is 0 Å². The van der Waals surface area contributed by atoms with Crippen molar-refractivity contribution in [1.29, 1.82) is 0 Å². The molecule has 1 aromatic heterocycles. The molecule has 148 valence electrons. The smallest absolute Gasteiger partial charge is 0.274 e. The SMILES string of the molecule is O=C(CCc1ccccc1)N1CCCN(C(=O)c2n[nH]c3c2CNCC3)CC1. The predicted molar refractivity (Wildman–Crippen MR) is 106 cm³/mol. The van der Waals surface area contributed by atoms with Gasteiger partial charge >= 0.3 is 0 Å². The number of carbonyl (C=O) groups excluding carboxylic acids is 2. The van der Waals surface area contributed by atoms with Gasteiger partial charge in [-0.25, -0.2) is 0 Å². The van der Waals surface area contributed by atoms with Crippen LogP contribution < -0.4 is 5.32 Å².